The van der Waals surface area contributed by atoms with Crippen LogP contribution in [0.15, 0.2) is 24.3 Å². The van der Waals surface area contributed by atoms with Crippen molar-refractivity contribution in [1.29, 1.82) is 0 Å². The molecule has 3 heteroatoms. The lowest BCUT2D eigenvalue weighted by molar-refractivity contribution is 0.136. The number of β-amino-alcohol motifs (C(OH)–C–C–N with tert-alkyl or cyclic N) is 1. The van der Waals surface area contributed by atoms with Gasteiger partial charge in [-0.3, -0.25) is 0 Å². The maximum atomic E-state index is 10.1. The number of nitrogens with one attached hydrogen (secondary N) is 1. The third-order valence-corrected chi connectivity index (χ3v) is 3.16. The summed E-state index contributed by atoms with van der Waals surface area (Å²) in [5.41, 5.74) is 1.81. The number of aliphatic hydroxyl groups excluding tert-OH is 2. The van der Waals surface area contributed by atoms with E-state index in [9.17, 15) is 5.11 Å². The Balaban J connectivity index is 2.59. The molecule has 3 N–H and O–H groups in total. The molecule has 0 fully saturated rings. The van der Waals surface area contributed by atoms with Gasteiger partial charge in [-0.1, -0.05) is 38.1 Å². The minimum absolute atomic E-state index is 0.0476. The Morgan fingerprint density at radius 2 is 1.61 bits per heavy atom. The van der Waals surface area contributed by atoms with Crippen LogP contribution in [-0.4, -0.2) is 28.9 Å². The summed E-state index contributed by atoms with van der Waals surface area (Å²) in [6, 6.07) is 8.04. The zero-order valence-corrected chi connectivity index (χ0v) is 11.8. The van der Waals surface area contributed by atoms with Crippen LogP contribution >= 0.6 is 0 Å². The van der Waals surface area contributed by atoms with Crippen molar-refractivity contribution in [1.82, 2.24) is 5.32 Å². The SMILES string of the molecule is CC(C)c1ccc(C(O)CNC(C)(C)CO)cc1. The molecule has 1 aromatic rings. The maximum Gasteiger partial charge on any atom is 0.0914 e. The molecule has 1 aromatic carbocycles. The zero-order chi connectivity index (χ0) is 13.8. The van der Waals surface area contributed by atoms with Gasteiger partial charge in [-0.2, -0.15) is 0 Å². The van der Waals surface area contributed by atoms with Crippen LogP contribution in [0.2, 0.25) is 0 Å². The molecular weight excluding hydrogens is 226 g/mol. The van der Waals surface area contributed by atoms with Gasteiger partial charge in [0.1, 0.15) is 0 Å². The predicted octanol–water partition coefficient (Wildman–Crippen LogP) is 2.20. The third-order valence-electron chi connectivity index (χ3n) is 3.16. The molecule has 102 valence electrons. The Hall–Kier alpha value is -0.900. The highest BCUT2D eigenvalue weighted by atomic mass is 16.3. The van der Waals surface area contributed by atoms with E-state index in [-0.39, 0.29) is 12.1 Å². The van der Waals surface area contributed by atoms with Gasteiger partial charge < -0.3 is 15.5 Å². The summed E-state index contributed by atoms with van der Waals surface area (Å²) >= 11 is 0. The van der Waals surface area contributed by atoms with Crippen LogP contribution in [-0.2, 0) is 0 Å². The lowest BCUT2D eigenvalue weighted by atomic mass is 9.99. The monoisotopic (exact) mass is 251 g/mol. The fourth-order valence-electron chi connectivity index (χ4n) is 1.65. The topological polar surface area (TPSA) is 52.5 Å². The van der Waals surface area contributed by atoms with Crippen molar-refractivity contribution in [2.24, 2.45) is 0 Å². The minimum atomic E-state index is -0.544. The van der Waals surface area contributed by atoms with E-state index in [0.717, 1.165) is 5.56 Å². The molecule has 0 saturated carbocycles. The molecule has 0 aliphatic carbocycles. The van der Waals surface area contributed by atoms with Gasteiger partial charge >= 0.3 is 0 Å². The van der Waals surface area contributed by atoms with Gasteiger partial charge in [0, 0.05) is 12.1 Å². The fraction of sp³-hybridized carbons (Fsp3) is 0.600. The summed E-state index contributed by atoms with van der Waals surface area (Å²) in [5, 5.41) is 22.3. The molecule has 0 heterocycles. The molecule has 1 rings (SSSR count). The van der Waals surface area contributed by atoms with Crippen LogP contribution in [0.3, 0.4) is 0 Å². The van der Waals surface area contributed by atoms with E-state index < -0.39 is 6.10 Å². The normalized spacial score (nSPS) is 13.9. The Morgan fingerprint density at radius 1 is 1.11 bits per heavy atom. The summed E-state index contributed by atoms with van der Waals surface area (Å²) in [6.45, 7) is 8.59. The largest absolute Gasteiger partial charge is 0.394 e. The van der Waals surface area contributed by atoms with Crippen LogP contribution < -0.4 is 5.32 Å². The average molecular weight is 251 g/mol. The molecule has 1 unspecified atom stereocenters. The first kappa shape index (κ1) is 15.2. The van der Waals surface area contributed by atoms with E-state index in [1.807, 2.05) is 26.0 Å². The fourth-order valence-corrected chi connectivity index (χ4v) is 1.65. The molecule has 0 aliphatic rings. The molecule has 0 spiro atoms. The quantitative estimate of drug-likeness (QED) is 0.726. The number of hydrogen-bond donors (Lipinski definition) is 3. The molecule has 1 atom stereocenters. The van der Waals surface area contributed by atoms with E-state index in [2.05, 4.69) is 31.3 Å². The van der Waals surface area contributed by atoms with Crippen molar-refractivity contribution in [3.63, 3.8) is 0 Å². The van der Waals surface area contributed by atoms with E-state index in [4.69, 9.17) is 5.11 Å². The number of aliphatic hydroxyl groups is 2. The predicted molar refractivity (Wildman–Crippen MR) is 74.7 cm³/mol. The van der Waals surface area contributed by atoms with E-state index >= 15 is 0 Å². The van der Waals surface area contributed by atoms with Crippen molar-refractivity contribution in [3.05, 3.63) is 35.4 Å². The Labute approximate surface area is 110 Å². The van der Waals surface area contributed by atoms with Gasteiger partial charge in [-0.15, -0.1) is 0 Å². The van der Waals surface area contributed by atoms with Crippen molar-refractivity contribution < 1.29 is 10.2 Å². The molecule has 3 nitrogen and oxygen atoms in total. The van der Waals surface area contributed by atoms with Gasteiger partial charge in [0.25, 0.3) is 0 Å². The first-order valence-corrected chi connectivity index (χ1v) is 6.49. The van der Waals surface area contributed by atoms with Gasteiger partial charge in [0.15, 0.2) is 0 Å². The van der Waals surface area contributed by atoms with E-state index in [1.54, 1.807) is 0 Å². The summed E-state index contributed by atoms with van der Waals surface area (Å²) < 4.78 is 0. The first-order valence-electron chi connectivity index (χ1n) is 6.49. The first-order chi connectivity index (χ1) is 8.35. The third kappa shape index (κ3) is 4.41. The summed E-state index contributed by atoms with van der Waals surface area (Å²) in [4.78, 5) is 0. The highest BCUT2D eigenvalue weighted by Gasteiger charge is 2.17. The maximum absolute atomic E-state index is 10.1. The molecule has 0 aromatic heterocycles. The highest BCUT2D eigenvalue weighted by Crippen LogP contribution is 2.18. The molecule has 0 aliphatic heterocycles. The van der Waals surface area contributed by atoms with Gasteiger partial charge in [0.05, 0.1) is 12.7 Å². The Kier molecular flexibility index (Phi) is 5.32. The lowest BCUT2D eigenvalue weighted by Gasteiger charge is -2.25. The molecular formula is C15H25NO2. The molecule has 0 saturated heterocycles. The van der Waals surface area contributed by atoms with Gasteiger partial charge in [0.2, 0.25) is 0 Å². The standard InChI is InChI=1S/C15H25NO2/c1-11(2)12-5-7-13(8-6-12)14(18)9-16-15(3,4)10-17/h5-8,11,14,16-18H,9-10H2,1-4H3. The smallest absolute Gasteiger partial charge is 0.0914 e. The van der Waals surface area contributed by atoms with Gasteiger partial charge in [-0.05, 0) is 30.9 Å². The number of hydrogen-bond acceptors (Lipinski definition) is 3. The molecule has 0 amide bonds. The van der Waals surface area contributed by atoms with Crippen molar-refractivity contribution in [2.75, 3.05) is 13.2 Å². The van der Waals surface area contributed by atoms with Crippen LogP contribution in [0.4, 0.5) is 0 Å². The van der Waals surface area contributed by atoms with Gasteiger partial charge in [-0.25, -0.2) is 0 Å². The van der Waals surface area contributed by atoms with Crippen molar-refractivity contribution in [2.45, 2.75) is 45.3 Å². The summed E-state index contributed by atoms with van der Waals surface area (Å²) in [7, 11) is 0. The second kappa shape index (κ2) is 6.32. The highest BCUT2D eigenvalue weighted by molar-refractivity contribution is 5.26. The van der Waals surface area contributed by atoms with Crippen LogP contribution in [0.25, 0.3) is 0 Å². The van der Waals surface area contributed by atoms with Crippen molar-refractivity contribution >= 4 is 0 Å². The minimum Gasteiger partial charge on any atom is -0.394 e. The second-order valence-corrected chi connectivity index (χ2v) is 5.76. The summed E-state index contributed by atoms with van der Waals surface area (Å²) in [6.07, 6.45) is -0.544. The molecule has 0 bridgehead atoms. The number of rotatable bonds is 6. The van der Waals surface area contributed by atoms with Crippen molar-refractivity contribution in [3.8, 4) is 0 Å². The Bertz CT molecular complexity index is 357. The number of benzene rings is 1. The average Bonchev–Trinajstić information content (AvgIpc) is 2.36. The Morgan fingerprint density at radius 3 is 2.06 bits per heavy atom. The van der Waals surface area contributed by atoms with Crippen LogP contribution in [0.1, 0.15) is 50.8 Å². The van der Waals surface area contributed by atoms with Crippen LogP contribution in [0, 0.1) is 0 Å². The summed E-state index contributed by atoms with van der Waals surface area (Å²) in [5.74, 6) is 0.502. The van der Waals surface area contributed by atoms with E-state index in [1.165, 1.54) is 5.56 Å². The molecule has 0 radical (unpaired) electrons. The van der Waals surface area contributed by atoms with Crippen LogP contribution in [0.5, 0.6) is 0 Å². The zero-order valence-electron chi connectivity index (χ0n) is 11.8. The molecule has 18 heavy (non-hydrogen) atoms. The van der Waals surface area contributed by atoms with E-state index in [0.29, 0.717) is 12.5 Å². The second-order valence-electron chi connectivity index (χ2n) is 5.76. The lowest BCUT2D eigenvalue weighted by Crippen LogP contribution is -2.44.